The molecule has 1 atom stereocenters. The summed E-state index contributed by atoms with van der Waals surface area (Å²) in [5.74, 6) is 0. The number of rotatable bonds is 6. The quantitative estimate of drug-likeness (QED) is 0.732. The lowest BCUT2D eigenvalue weighted by molar-refractivity contribution is 0.269. The molecule has 0 aliphatic heterocycles. The summed E-state index contributed by atoms with van der Waals surface area (Å²) in [6, 6.07) is 0. The van der Waals surface area contributed by atoms with Gasteiger partial charge >= 0.3 is 0 Å². The molecule has 0 saturated heterocycles. The molecule has 4 heteroatoms. The molecule has 1 unspecified atom stereocenters. The van der Waals surface area contributed by atoms with Crippen LogP contribution in [0.1, 0.15) is 37.4 Å². The molecule has 1 rings (SSSR count). The highest BCUT2D eigenvalue weighted by atomic mass is 32.1. The average molecular weight is 228 g/mol. The summed E-state index contributed by atoms with van der Waals surface area (Å²) < 4.78 is 0. The van der Waals surface area contributed by atoms with E-state index in [9.17, 15) is 0 Å². The average Bonchev–Trinajstić information content (AvgIpc) is 2.65. The molecule has 1 aromatic heterocycles. The van der Waals surface area contributed by atoms with Crippen LogP contribution >= 0.6 is 11.3 Å². The summed E-state index contributed by atoms with van der Waals surface area (Å²) in [4.78, 5) is 4.53. The molecular formula is C11H20N2OS. The van der Waals surface area contributed by atoms with Crippen molar-refractivity contribution in [3.8, 4) is 0 Å². The third kappa shape index (κ3) is 3.26. The van der Waals surface area contributed by atoms with Crippen molar-refractivity contribution >= 4 is 11.3 Å². The molecule has 0 radical (unpaired) electrons. The minimum Gasteiger partial charge on any atom is -0.396 e. The zero-order chi connectivity index (χ0) is 11.3. The van der Waals surface area contributed by atoms with Crippen LogP contribution in [0.5, 0.6) is 0 Å². The van der Waals surface area contributed by atoms with Crippen molar-refractivity contribution in [1.82, 2.24) is 10.3 Å². The van der Waals surface area contributed by atoms with E-state index < -0.39 is 0 Å². The molecule has 0 saturated carbocycles. The van der Waals surface area contributed by atoms with Crippen LogP contribution in [0.25, 0.3) is 0 Å². The van der Waals surface area contributed by atoms with Gasteiger partial charge in [0.05, 0.1) is 5.54 Å². The fourth-order valence-electron chi connectivity index (χ4n) is 1.40. The molecule has 15 heavy (non-hydrogen) atoms. The second-order valence-electron chi connectivity index (χ2n) is 3.98. The van der Waals surface area contributed by atoms with Gasteiger partial charge in [-0.2, -0.15) is 0 Å². The van der Waals surface area contributed by atoms with Gasteiger partial charge in [0, 0.05) is 17.7 Å². The van der Waals surface area contributed by atoms with E-state index in [0.717, 1.165) is 30.1 Å². The van der Waals surface area contributed by atoms with Crippen LogP contribution in [0, 0.1) is 6.92 Å². The monoisotopic (exact) mass is 228 g/mol. The van der Waals surface area contributed by atoms with Gasteiger partial charge in [-0.1, -0.05) is 6.92 Å². The lowest BCUT2D eigenvalue weighted by Crippen LogP contribution is -2.39. The minimum atomic E-state index is -0.0475. The summed E-state index contributed by atoms with van der Waals surface area (Å²) in [6.07, 6.45) is 1.80. The van der Waals surface area contributed by atoms with Crippen molar-refractivity contribution < 1.29 is 5.11 Å². The summed E-state index contributed by atoms with van der Waals surface area (Å²) in [5, 5.41) is 15.4. The van der Waals surface area contributed by atoms with E-state index in [2.05, 4.69) is 29.5 Å². The van der Waals surface area contributed by atoms with Gasteiger partial charge in [-0.05, 0) is 33.2 Å². The Hall–Kier alpha value is -0.450. The van der Waals surface area contributed by atoms with Crippen LogP contribution in [0.3, 0.4) is 0 Å². The van der Waals surface area contributed by atoms with E-state index in [1.165, 1.54) is 0 Å². The molecule has 0 spiro atoms. The minimum absolute atomic E-state index is 0.0475. The van der Waals surface area contributed by atoms with Gasteiger partial charge in [0.2, 0.25) is 0 Å². The Morgan fingerprint density at radius 3 is 2.80 bits per heavy atom. The predicted octanol–water partition coefficient (Wildman–Crippen LogP) is 2.05. The highest BCUT2D eigenvalue weighted by Crippen LogP contribution is 2.27. The molecular weight excluding hydrogens is 208 g/mol. The van der Waals surface area contributed by atoms with Crippen LogP contribution < -0.4 is 5.32 Å². The van der Waals surface area contributed by atoms with E-state index in [1.54, 1.807) is 11.3 Å². The normalized spacial score (nSPS) is 15.2. The first-order chi connectivity index (χ1) is 7.12. The van der Waals surface area contributed by atoms with Crippen LogP contribution in [0.15, 0.2) is 5.38 Å². The second kappa shape index (κ2) is 5.58. The van der Waals surface area contributed by atoms with Crippen molar-refractivity contribution in [2.45, 2.75) is 39.2 Å². The summed E-state index contributed by atoms with van der Waals surface area (Å²) in [6.45, 7) is 7.41. The highest BCUT2D eigenvalue weighted by Gasteiger charge is 2.26. The molecule has 0 amide bonds. The molecule has 0 aromatic carbocycles. The predicted molar refractivity (Wildman–Crippen MR) is 64.2 cm³/mol. The lowest BCUT2D eigenvalue weighted by atomic mass is 10.00. The Balaban J connectivity index is 2.67. The van der Waals surface area contributed by atoms with E-state index >= 15 is 0 Å². The Morgan fingerprint density at radius 2 is 2.33 bits per heavy atom. The lowest BCUT2D eigenvalue weighted by Gasteiger charge is -2.27. The first kappa shape index (κ1) is 12.6. The van der Waals surface area contributed by atoms with Gasteiger partial charge in [0.25, 0.3) is 0 Å². The Kier molecular flexibility index (Phi) is 4.70. The largest absolute Gasteiger partial charge is 0.396 e. The molecule has 0 bridgehead atoms. The number of aliphatic hydroxyl groups excluding tert-OH is 1. The maximum absolute atomic E-state index is 8.76. The maximum atomic E-state index is 8.76. The van der Waals surface area contributed by atoms with Gasteiger partial charge in [0.1, 0.15) is 5.01 Å². The Bertz CT molecular complexity index is 301. The van der Waals surface area contributed by atoms with Gasteiger partial charge < -0.3 is 10.4 Å². The fraction of sp³-hybridized carbons (Fsp3) is 0.727. The molecule has 1 heterocycles. The number of nitrogens with one attached hydrogen (secondary N) is 1. The molecule has 0 fully saturated rings. The number of aromatic nitrogens is 1. The van der Waals surface area contributed by atoms with E-state index in [1.807, 2.05) is 6.92 Å². The number of aliphatic hydroxyl groups is 1. The zero-order valence-electron chi connectivity index (χ0n) is 9.71. The Labute approximate surface area is 95.6 Å². The number of thiazole rings is 1. The molecule has 0 aliphatic rings. The topological polar surface area (TPSA) is 45.1 Å². The number of hydrogen-bond donors (Lipinski definition) is 2. The zero-order valence-corrected chi connectivity index (χ0v) is 10.5. The van der Waals surface area contributed by atoms with Gasteiger partial charge in [0.15, 0.2) is 0 Å². The van der Waals surface area contributed by atoms with Crippen molar-refractivity contribution in [1.29, 1.82) is 0 Å². The van der Waals surface area contributed by atoms with E-state index in [4.69, 9.17) is 5.11 Å². The fourth-order valence-corrected chi connectivity index (χ4v) is 2.41. The second-order valence-corrected chi connectivity index (χ2v) is 4.84. The van der Waals surface area contributed by atoms with Crippen molar-refractivity contribution in [3.05, 3.63) is 16.1 Å². The van der Waals surface area contributed by atoms with Gasteiger partial charge in [-0.25, -0.2) is 4.98 Å². The smallest absolute Gasteiger partial charge is 0.113 e. The van der Waals surface area contributed by atoms with Crippen molar-refractivity contribution in [2.24, 2.45) is 0 Å². The summed E-state index contributed by atoms with van der Waals surface area (Å²) in [5.41, 5.74) is 1.03. The van der Waals surface area contributed by atoms with Crippen LogP contribution in [-0.4, -0.2) is 23.2 Å². The SMILES string of the molecule is CCC(C)(NCCCO)c1nc(C)cs1. The Morgan fingerprint density at radius 1 is 1.60 bits per heavy atom. The number of aryl methyl sites for hydroxylation is 1. The summed E-state index contributed by atoms with van der Waals surface area (Å²) >= 11 is 1.70. The first-order valence-electron chi connectivity index (χ1n) is 5.41. The first-order valence-corrected chi connectivity index (χ1v) is 6.29. The molecule has 0 aliphatic carbocycles. The maximum Gasteiger partial charge on any atom is 0.113 e. The molecule has 86 valence electrons. The molecule has 2 N–H and O–H groups in total. The van der Waals surface area contributed by atoms with E-state index in [0.29, 0.717) is 0 Å². The van der Waals surface area contributed by atoms with Crippen LogP contribution in [0.2, 0.25) is 0 Å². The van der Waals surface area contributed by atoms with Crippen molar-refractivity contribution in [2.75, 3.05) is 13.2 Å². The molecule has 3 nitrogen and oxygen atoms in total. The van der Waals surface area contributed by atoms with Crippen LogP contribution in [0.4, 0.5) is 0 Å². The highest BCUT2D eigenvalue weighted by molar-refractivity contribution is 7.09. The summed E-state index contributed by atoms with van der Waals surface area (Å²) in [7, 11) is 0. The molecule has 1 aromatic rings. The number of hydrogen-bond acceptors (Lipinski definition) is 4. The standard InChI is InChI=1S/C11H20N2OS/c1-4-11(3,12-6-5-7-14)10-13-9(2)8-15-10/h8,12,14H,4-7H2,1-3H3. The third-order valence-corrected chi connectivity index (χ3v) is 3.87. The van der Waals surface area contributed by atoms with Crippen LogP contribution in [-0.2, 0) is 5.54 Å². The van der Waals surface area contributed by atoms with Gasteiger partial charge in [-0.15, -0.1) is 11.3 Å². The van der Waals surface area contributed by atoms with Crippen molar-refractivity contribution in [3.63, 3.8) is 0 Å². The third-order valence-electron chi connectivity index (χ3n) is 2.65. The number of nitrogens with zero attached hydrogens (tertiary/aromatic N) is 1. The van der Waals surface area contributed by atoms with Gasteiger partial charge in [-0.3, -0.25) is 0 Å². The van der Waals surface area contributed by atoms with E-state index in [-0.39, 0.29) is 12.1 Å².